The van der Waals surface area contributed by atoms with Crippen LogP contribution in [0.15, 0.2) is 35.4 Å². The lowest BCUT2D eigenvalue weighted by atomic mass is 10.2. The van der Waals surface area contributed by atoms with E-state index in [-0.39, 0.29) is 0 Å². The van der Waals surface area contributed by atoms with Crippen molar-refractivity contribution >= 4 is 35.7 Å². The summed E-state index contributed by atoms with van der Waals surface area (Å²) < 4.78 is 1.81. The number of hydrogen-bond acceptors (Lipinski definition) is 8. The third-order valence-corrected chi connectivity index (χ3v) is 6.15. The monoisotopic (exact) mass is 451 g/mol. The zero-order chi connectivity index (χ0) is 21.9. The molecule has 0 atom stereocenters. The van der Waals surface area contributed by atoms with Crippen LogP contribution in [-0.4, -0.2) is 57.1 Å². The number of hydrazone groups is 1. The van der Waals surface area contributed by atoms with E-state index in [1.165, 1.54) is 0 Å². The summed E-state index contributed by atoms with van der Waals surface area (Å²) in [6.45, 7) is 5.85. The van der Waals surface area contributed by atoms with Gasteiger partial charge in [-0.15, -0.1) is 0 Å². The van der Waals surface area contributed by atoms with Crippen LogP contribution in [0.2, 0.25) is 5.15 Å². The summed E-state index contributed by atoms with van der Waals surface area (Å²) in [5, 5.41) is 9.21. The van der Waals surface area contributed by atoms with Gasteiger partial charge in [-0.25, -0.2) is 10.1 Å². The van der Waals surface area contributed by atoms with Crippen molar-refractivity contribution in [3.8, 4) is 5.69 Å². The molecule has 0 aliphatic carbocycles. The maximum Gasteiger partial charge on any atom is 0.250 e. The molecule has 0 radical (unpaired) electrons. The van der Waals surface area contributed by atoms with Crippen molar-refractivity contribution < 1.29 is 0 Å². The minimum Gasteiger partial charge on any atom is -0.341 e. The van der Waals surface area contributed by atoms with Crippen LogP contribution in [0.5, 0.6) is 0 Å². The van der Waals surface area contributed by atoms with Gasteiger partial charge in [-0.1, -0.05) is 29.8 Å². The first-order valence-electron chi connectivity index (χ1n) is 11.0. The lowest BCUT2D eigenvalue weighted by molar-refractivity contribution is 0.838. The molecule has 2 aromatic heterocycles. The molecule has 4 heterocycles. The zero-order valence-corrected chi connectivity index (χ0v) is 18.8. The Kier molecular flexibility index (Phi) is 5.89. The standard InChI is InChI=1S/C22H26ClN9/c1-16-18(19(23)29-32(16)17-9-3-2-4-10-17)15-24-28-20-25-21(30-11-5-6-12-30)27-22(26-20)31-13-7-8-14-31/h2-4,9-10,15H,5-8,11-14H2,1H3,(H,25,26,27,28)/b24-15-. The van der Waals surface area contributed by atoms with Crippen molar-refractivity contribution in [3.63, 3.8) is 0 Å². The second-order valence-electron chi connectivity index (χ2n) is 8.05. The van der Waals surface area contributed by atoms with Crippen LogP contribution >= 0.6 is 11.6 Å². The summed E-state index contributed by atoms with van der Waals surface area (Å²) in [6.07, 6.45) is 6.31. The highest BCUT2D eigenvalue weighted by Crippen LogP contribution is 2.23. The van der Waals surface area contributed by atoms with Gasteiger partial charge in [0.15, 0.2) is 5.15 Å². The van der Waals surface area contributed by atoms with Gasteiger partial charge in [0.1, 0.15) is 0 Å². The van der Waals surface area contributed by atoms with E-state index in [1.807, 2.05) is 41.9 Å². The number of nitrogens with one attached hydrogen (secondary N) is 1. The molecule has 10 heteroatoms. The number of anilines is 3. The van der Waals surface area contributed by atoms with Gasteiger partial charge in [0.05, 0.1) is 23.2 Å². The molecule has 0 saturated carbocycles. The smallest absolute Gasteiger partial charge is 0.250 e. The van der Waals surface area contributed by atoms with Gasteiger partial charge in [0.25, 0.3) is 0 Å². The zero-order valence-electron chi connectivity index (χ0n) is 18.1. The van der Waals surface area contributed by atoms with Crippen molar-refractivity contribution in [1.82, 2.24) is 24.7 Å². The third kappa shape index (κ3) is 4.25. The summed E-state index contributed by atoms with van der Waals surface area (Å²) in [5.74, 6) is 1.86. The van der Waals surface area contributed by atoms with E-state index in [2.05, 4.69) is 35.4 Å². The van der Waals surface area contributed by atoms with Crippen molar-refractivity contribution in [2.75, 3.05) is 41.4 Å². The molecule has 5 rings (SSSR count). The highest BCUT2D eigenvalue weighted by atomic mass is 35.5. The maximum atomic E-state index is 6.40. The molecule has 32 heavy (non-hydrogen) atoms. The number of benzene rings is 1. The molecule has 166 valence electrons. The minimum absolute atomic E-state index is 0.392. The third-order valence-electron chi connectivity index (χ3n) is 5.87. The first kappa shape index (κ1) is 20.7. The quantitative estimate of drug-likeness (QED) is 0.452. The Morgan fingerprint density at radius 3 is 2.09 bits per heavy atom. The van der Waals surface area contributed by atoms with Crippen LogP contribution in [0.25, 0.3) is 5.69 Å². The molecule has 9 nitrogen and oxygen atoms in total. The average Bonchev–Trinajstić information content (AvgIpc) is 3.58. The fraction of sp³-hybridized carbons (Fsp3) is 0.409. The van der Waals surface area contributed by atoms with Crippen LogP contribution in [0.3, 0.4) is 0 Å². The number of aromatic nitrogens is 5. The molecule has 0 bridgehead atoms. The largest absolute Gasteiger partial charge is 0.341 e. The molecule has 0 amide bonds. The van der Waals surface area contributed by atoms with Gasteiger partial charge < -0.3 is 9.80 Å². The molecular formula is C22H26ClN9. The summed E-state index contributed by atoms with van der Waals surface area (Å²) in [4.78, 5) is 18.4. The summed E-state index contributed by atoms with van der Waals surface area (Å²) in [7, 11) is 0. The second kappa shape index (κ2) is 9.12. The maximum absolute atomic E-state index is 6.40. The lowest BCUT2D eigenvalue weighted by Gasteiger charge is -2.20. The second-order valence-corrected chi connectivity index (χ2v) is 8.41. The Bertz CT molecular complexity index is 1070. The van der Waals surface area contributed by atoms with E-state index >= 15 is 0 Å². The van der Waals surface area contributed by atoms with Crippen LogP contribution in [-0.2, 0) is 0 Å². The molecule has 2 aliphatic rings. The van der Waals surface area contributed by atoms with Crippen LogP contribution in [0, 0.1) is 6.92 Å². The van der Waals surface area contributed by atoms with Crippen LogP contribution in [0.4, 0.5) is 17.8 Å². The Morgan fingerprint density at radius 1 is 0.906 bits per heavy atom. The van der Waals surface area contributed by atoms with E-state index < -0.39 is 0 Å². The molecule has 0 spiro atoms. The van der Waals surface area contributed by atoms with Crippen molar-refractivity contribution in [2.24, 2.45) is 5.10 Å². The fourth-order valence-corrected chi connectivity index (χ4v) is 4.38. The van der Waals surface area contributed by atoms with E-state index in [0.717, 1.165) is 68.8 Å². The fourth-order valence-electron chi connectivity index (χ4n) is 4.12. The number of rotatable bonds is 6. The Labute approximate surface area is 192 Å². The lowest BCUT2D eigenvalue weighted by Crippen LogP contribution is -2.25. The molecule has 2 fully saturated rings. The first-order chi connectivity index (χ1) is 15.7. The van der Waals surface area contributed by atoms with Gasteiger partial charge in [0.2, 0.25) is 17.8 Å². The topological polar surface area (TPSA) is 87.4 Å². The van der Waals surface area contributed by atoms with E-state index in [4.69, 9.17) is 16.6 Å². The summed E-state index contributed by atoms with van der Waals surface area (Å²) >= 11 is 6.40. The Balaban J connectivity index is 1.39. The minimum atomic E-state index is 0.392. The van der Waals surface area contributed by atoms with Gasteiger partial charge in [-0.3, -0.25) is 0 Å². The normalized spacial score (nSPS) is 16.4. The highest BCUT2D eigenvalue weighted by Gasteiger charge is 2.21. The van der Waals surface area contributed by atoms with E-state index in [0.29, 0.717) is 23.0 Å². The Hall–Kier alpha value is -3.20. The van der Waals surface area contributed by atoms with Gasteiger partial charge in [0, 0.05) is 26.2 Å². The predicted octanol–water partition coefficient (Wildman–Crippen LogP) is 3.67. The molecule has 1 N–H and O–H groups in total. The number of halogens is 1. The van der Waals surface area contributed by atoms with E-state index in [9.17, 15) is 0 Å². The van der Waals surface area contributed by atoms with Crippen molar-refractivity contribution in [2.45, 2.75) is 32.6 Å². The molecule has 2 saturated heterocycles. The predicted molar refractivity (Wildman–Crippen MR) is 127 cm³/mol. The Morgan fingerprint density at radius 2 is 1.50 bits per heavy atom. The van der Waals surface area contributed by atoms with Gasteiger partial charge >= 0.3 is 0 Å². The molecule has 2 aliphatic heterocycles. The van der Waals surface area contributed by atoms with Gasteiger partial charge in [-0.05, 0) is 44.7 Å². The molecule has 0 unspecified atom stereocenters. The van der Waals surface area contributed by atoms with Gasteiger partial charge in [-0.2, -0.15) is 25.2 Å². The highest BCUT2D eigenvalue weighted by molar-refractivity contribution is 6.32. The number of para-hydroxylation sites is 1. The summed E-state index contributed by atoms with van der Waals surface area (Å²) in [5.41, 5.74) is 5.58. The number of hydrogen-bond donors (Lipinski definition) is 1. The first-order valence-corrected chi connectivity index (χ1v) is 11.4. The van der Waals surface area contributed by atoms with Crippen LogP contribution in [0.1, 0.15) is 36.9 Å². The van der Waals surface area contributed by atoms with Crippen molar-refractivity contribution in [1.29, 1.82) is 0 Å². The van der Waals surface area contributed by atoms with Crippen LogP contribution < -0.4 is 15.2 Å². The van der Waals surface area contributed by atoms with Crippen molar-refractivity contribution in [3.05, 3.63) is 46.7 Å². The molecule has 1 aromatic carbocycles. The summed E-state index contributed by atoms with van der Waals surface area (Å²) in [6, 6.07) is 9.88. The SMILES string of the molecule is Cc1c(/C=N\Nc2nc(N3CCCC3)nc(N3CCCC3)n2)c(Cl)nn1-c1ccccc1. The molecule has 3 aromatic rings. The number of nitrogens with zero attached hydrogens (tertiary/aromatic N) is 8. The van der Waals surface area contributed by atoms with E-state index in [1.54, 1.807) is 6.21 Å². The molecular weight excluding hydrogens is 426 g/mol. The average molecular weight is 452 g/mol.